The van der Waals surface area contributed by atoms with Gasteiger partial charge in [-0.2, -0.15) is 0 Å². The van der Waals surface area contributed by atoms with Gasteiger partial charge in [-0.3, -0.25) is 4.79 Å². The van der Waals surface area contributed by atoms with Gasteiger partial charge in [0.2, 0.25) is 5.91 Å². The maximum absolute atomic E-state index is 12.2. The van der Waals surface area contributed by atoms with Crippen LogP contribution in [0, 0.1) is 5.41 Å². The van der Waals surface area contributed by atoms with Gasteiger partial charge in [0.1, 0.15) is 0 Å². The van der Waals surface area contributed by atoms with Crippen LogP contribution in [0.4, 0.5) is 0 Å². The van der Waals surface area contributed by atoms with E-state index in [1.807, 2.05) is 20.8 Å². The zero-order chi connectivity index (χ0) is 12.5. The Balaban J connectivity index is 2.74. The zero-order valence-electron chi connectivity index (χ0n) is 10.7. The minimum atomic E-state index is -0.494. The van der Waals surface area contributed by atoms with Crippen molar-refractivity contribution in [3.63, 3.8) is 0 Å². The largest absolute Gasteiger partial charge is 0.449 e. The van der Waals surface area contributed by atoms with Gasteiger partial charge in [-0.1, -0.05) is 27.6 Å². The molecule has 16 heavy (non-hydrogen) atoms. The van der Waals surface area contributed by atoms with E-state index in [-0.39, 0.29) is 17.3 Å². The van der Waals surface area contributed by atoms with Crippen LogP contribution >= 0.6 is 0 Å². The molecule has 1 aliphatic heterocycles. The van der Waals surface area contributed by atoms with Gasteiger partial charge in [0.05, 0.1) is 6.04 Å². The fourth-order valence-electron chi connectivity index (χ4n) is 2.12. The summed E-state index contributed by atoms with van der Waals surface area (Å²) in [4.78, 5) is 13.9. The molecule has 5 heteroatoms. The summed E-state index contributed by atoms with van der Waals surface area (Å²) in [5.41, 5.74) is 5.73. The number of nitrogens with zero attached hydrogens (tertiary/aromatic N) is 1. The van der Waals surface area contributed by atoms with E-state index >= 15 is 0 Å². The van der Waals surface area contributed by atoms with Crippen molar-refractivity contribution in [3.05, 3.63) is 0 Å². The Morgan fingerprint density at radius 3 is 2.56 bits per heavy atom. The molecular formula is C11H23BN2O2. The van der Waals surface area contributed by atoms with Crippen LogP contribution < -0.4 is 5.73 Å². The summed E-state index contributed by atoms with van der Waals surface area (Å²) in [6.07, 6.45) is 1.83. The monoisotopic (exact) mass is 226 g/mol. The highest BCUT2D eigenvalue weighted by atomic mass is 16.2. The quantitative estimate of drug-likeness (QED) is 0.674. The third-order valence-corrected chi connectivity index (χ3v) is 3.34. The molecule has 4 nitrogen and oxygen atoms in total. The molecule has 2 atom stereocenters. The van der Waals surface area contributed by atoms with Crippen molar-refractivity contribution in [3.8, 4) is 0 Å². The molecule has 0 bridgehead atoms. The molecule has 0 saturated carbocycles. The van der Waals surface area contributed by atoms with E-state index < -0.39 is 13.0 Å². The van der Waals surface area contributed by atoms with Crippen molar-refractivity contribution in [1.29, 1.82) is 0 Å². The second-order valence-corrected chi connectivity index (χ2v) is 5.83. The number of rotatable bonds is 2. The minimum Gasteiger partial charge on any atom is -0.449 e. The number of carbonyl (C=O) groups is 1. The molecule has 0 aliphatic carbocycles. The lowest BCUT2D eigenvalue weighted by Crippen LogP contribution is -2.54. The van der Waals surface area contributed by atoms with Crippen LogP contribution in [-0.2, 0) is 4.79 Å². The number of nitrogens with two attached hydrogens (primary N) is 1. The number of carbonyl (C=O) groups excluding carboxylic acids is 1. The van der Waals surface area contributed by atoms with Crippen LogP contribution in [0.5, 0.6) is 0 Å². The molecule has 3 N–H and O–H groups in total. The summed E-state index contributed by atoms with van der Waals surface area (Å²) in [6, 6.07) is -0.494. The zero-order valence-corrected chi connectivity index (χ0v) is 10.7. The van der Waals surface area contributed by atoms with Gasteiger partial charge in [0.15, 0.2) is 0 Å². The fourth-order valence-corrected chi connectivity index (χ4v) is 2.12. The summed E-state index contributed by atoms with van der Waals surface area (Å²) in [5.74, 6) is -0.0863. The van der Waals surface area contributed by atoms with Gasteiger partial charge in [-0.25, -0.2) is 0 Å². The lowest BCUT2D eigenvalue weighted by atomic mass is 9.62. The number of likely N-dealkylation sites (tertiary alicyclic amines) is 1. The Morgan fingerprint density at radius 1 is 1.56 bits per heavy atom. The first-order chi connectivity index (χ1) is 7.25. The summed E-state index contributed by atoms with van der Waals surface area (Å²) < 4.78 is 0. The van der Waals surface area contributed by atoms with Gasteiger partial charge in [0.25, 0.3) is 0 Å². The highest BCUT2D eigenvalue weighted by molar-refractivity contribution is 6.51. The first-order valence-corrected chi connectivity index (χ1v) is 5.99. The van der Waals surface area contributed by atoms with Gasteiger partial charge in [-0.15, -0.1) is 0 Å². The molecule has 92 valence electrons. The Kier molecular flexibility index (Phi) is 4.02. The van der Waals surface area contributed by atoms with Crippen molar-refractivity contribution in [2.75, 3.05) is 6.54 Å². The van der Waals surface area contributed by atoms with E-state index in [0.29, 0.717) is 0 Å². The molecule has 1 fully saturated rings. The summed E-state index contributed by atoms with van der Waals surface area (Å²) in [5, 5.41) is 9.62. The van der Waals surface area contributed by atoms with E-state index in [1.54, 1.807) is 11.7 Å². The average Bonchev–Trinajstić information content (AvgIpc) is 2.62. The van der Waals surface area contributed by atoms with Gasteiger partial charge < -0.3 is 15.7 Å². The molecule has 0 unspecified atom stereocenters. The maximum atomic E-state index is 12.2. The van der Waals surface area contributed by atoms with Crippen molar-refractivity contribution in [2.24, 2.45) is 11.1 Å². The molecule has 0 aromatic heterocycles. The van der Waals surface area contributed by atoms with Crippen LogP contribution in [0.1, 0.15) is 33.6 Å². The van der Waals surface area contributed by atoms with Gasteiger partial charge in [0, 0.05) is 12.5 Å². The predicted octanol–water partition coefficient (Wildman–Crippen LogP) is 0.504. The molecule has 1 heterocycles. The second-order valence-electron chi connectivity index (χ2n) is 5.83. The standard InChI is InChI=1S/C11H23BN2O2/c1-11(2,3)9(13)10(15)14-7-5-6-8(14)12(4)16/h8-9,16H,5-7,13H2,1-4H3/t8-,9+/m0/s1. The van der Waals surface area contributed by atoms with Crippen LogP contribution in [0.15, 0.2) is 0 Å². The highest BCUT2D eigenvalue weighted by Gasteiger charge is 2.39. The van der Waals surface area contributed by atoms with Gasteiger partial charge >= 0.3 is 6.92 Å². The van der Waals surface area contributed by atoms with E-state index in [2.05, 4.69) is 0 Å². The molecule has 1 rings (SSSR count). The second kappa shape index (κ2) is 4.76. The van der Waals surface area contributed by atoms with Crippen LogP contribution in [0.3, 0.4) is 0 Å². The molecule has 1 saturated heterocycles. The fraction of sp³-hybridized carbons (Fsp3) is 0.909. The van der Waals surface area contributed by atoms with Crippen LogP contribution in [-0.4, -0.2) is 41.3 Å². The lowest BCUT2D eigenvalue weighted by Gasteiger charge is -2.33. The Labute approximate surface area is 98.3 Å². The van der Waals surface area contributed by atoms with E-state index in [4.69, 9.17) is 5.73 Å². The average molecular weight is 226 g/mol. The minimum absolute atomic E-state index is 0.0316. The van der Waals surface area contributed by atoms with Crippen molar-refractivity contribution in [1.82, 2.24) is 4.90 Å². The molecule has 0 spiro atoms. The number of hydrogen-bond acceptors (Lipinski definition) is 3. The Hall–Kier alpha value is -0.545. The normalized spacial score (nSPS) is 23.4. The molecular weight excluding hydrogens is 203 g/mol. The SMILES string of the molecule is CB(O)[C@@H]1CCCN1C(=O)[C@@H](N)C(C)(C)C. The summed E-state index contributed by atoms with van der Waals surface area (Å²) in [6.45, 7) is 7.87. The van der Waals surface area contributed by atoms with E-state index in [0.717, 1.165) is 19.4 Å². The third kappa shape index (κ3) is 2.77. The van der Waals surface area contributed by atoms with Crippen molar-refractivity contribution < 1.29 is 9.82 Å². The Bertz CT molecular complexity index is 263. The van der Waals surface area contributed by atoms with E-state index in [1.165, 1.54) is 0 Å². The predicted molar refractivity (Wildman–Crippen MR) is 66.0 cm³/mol. The molecule has 0 radical (unpaired) electrons. The molecule has 0 aromatic carbocycles. The first-order valence-electron chi connectivity index (χ1n) is 5.99. The van der Waals surface area contributed by atoms with E-state index in [9.17, 15) is 9.82 Å². The molecule has 1 amide bonds. The number of amides is 1. The van der Waals surface area contributed by atoms with Crippen LogP contribution in [0.2, 0.25) is 6.82 Å². The Morgan fingerprint density at radius 2 is 2.12 bits per heavy atom. The summed E-state index contributed by atoms with van der Waals surface area (Å²) in [7, 11) is 0. The number of hydrogen-bond donors (Lipinski definition) is 2. The first kappa shape index (κ1) is 13.5. The molecule has 1 aliphatic rings. The van der Waals surface area contributed by atoms with Crippen molar-refractivity contribution >= 4 is 12.8 Å². The molecule has 0 aromatic rings. The topological polar surface area (TPSA) is 66.6 Å². The maximum Gasteiger partial charge on any atom is 0.309 e. The highest BCUT2D eigenvalue weighted by Crippen LogP contribution is 2.24. The lowest BCUT2D eigenvalue weighted by molar-refractivity contribution is -0.134. The summed E-state index contributed by atoms with van der Waals surface area (Å²) >= 11 is 0. The van der Waals surface area contributed by atoms with Gasteiger partial charge in [-0.05, 0) is 18.3 Å². The smallest absolute Gasteiger partial charge is 0.309 e. The van der Waals surface area contributed by atoms with Crippen molar-refractivity contribution in [2.45, 2.75) is 52.4 Å². The van der Waals surface area contributed by atoms with Crippen LogP contribution in [0.25, 0.3) is 0 Å². The third-order valence-electron chi connectivity index (χ3n) is 3.34.